The molecule has 0 aromatic heterocycles. The third-order valence-electron chi connectivity index (χ3n) is 5.16. The van der Waals surface area contributed by atoms with E-state index in [1.54, 1.807) is 0 Å². The van der Waals surface area contributed by atoms with Crippen LogP contribution in [0.4, 0.5) is 5.69 Å². The molecule has 0 fully saturated rings. The average Bonchev–Trinajstić information content (AvgIpc) is 3.19. The molecule has 0 atom stereocenters. The number of carbonyl (C=O) groups excluding carboxylic acids is 2. The van der Waals surface area contributed by atoms with Gasteiger partial charge in [-0.15, -0.1) is 0 Å². The average molecular weight is 400 g/mol. The topological polar surface area (TPSA) is 58.6 Å². The molecule has 0 bridgehead atoms. The normalized spacial score (nSPS) is 12.4. The number of aryl methyl sites for hydroxylation is 1. The minimum atomic E-state index is -0.188. The van der Waals surface area contributed by atoms with Crippen molar-refractivity contribution < 1.29 is 14.3 Å². The molecule has 0 aliphatic carbocycles. The van der Waals surface area contributed by atoms with E-state index < -0.39 is 0 Å². The summed E-state index contributed by atoms with van der Waals surface area (Å²) in [6, 6.07) is 22.9. The molecule has 0 radical (unpaired) electrons. The van der Waals surface area contributed by atoms with E-state index in [1.807, 2.05) is 84.6 Å². The van der Waals surface area contributed by atoms with Crippen molar-refractivity contribution in [2.75, 3.05) is 18.1 Å². The van der Waals surface area contributed by atoms with E-state index in [-0.39, 0.29) is 18.4 Å². The van der Waals surface area contributed by atoms with E-state index in [0.29, 0.717) is 24.4 Å². The van der Waals surface area contributed by atoms with Crippen LogP contribution in [0.25, 0.3) is 0 Å². The van der Waals surface area contributed by atoms with Gasteiger partial charge >= 0.3 is 0 Å². The number of para-hydroxylation sites is 1. The Balaban J connectivity index is 1.39. The molecule has 3 aromatic carbocycles. The maximum atomic E-state index is 13.0. The van der Waals surface area contributed by atoms with Crippen molar-refractivity contribution in [2.45, 2.75) is 19.9 Å². The molecule has 1 aliphatic rings. The minimum Gasteiger partial charge on any atom is -0.484 e. The molecule has 1 aliphatic heterocycles. The summed E-state index contributed by atoms with van der Waals surface area (Å²) in [6.45, 7) is 3.00. The maximum absolute atomic E-state index is 13.0. The first-order chi connectivity index (χ1) is 14.6. The van der Waals surface area contributed by atoms with E-state index in [0.717, 1.165) is 28.8 Å². The zero-order valence-corrected chi connectivity index (χ0v) is 16.9. The van der Waals surface area contributed by atoms with Gasteiger partial charge in [0.05, 0.1) is 0 Å². The number of rotatable bonds is 6. The Morgan fingerprint density at radius 1 is 1.00 bits per heavy atom. The van der Waals surface area contributed by atoms with Gasteiger partial charge < -0.3 is 15.0 Å². The molecular weight excluding hydrogens is 376 g/mol. The number of nitrogens with one attached hydrogen (secondary N) is 1. The van der Waals surface area contributed by atoms with Crippen LogP contribution in [0.2, 0.25) is 0 Å². The van der Waals surface area contributed by atoms with Crippen LogP contribution in [0.5, 0.6) is 5.75 Å². The maximum Gasteiger partial charge on any atom is 0.258 e. The van der Waals surface area contributed by atoms with Crippen LogP contribution in [0.1, 0.15) is 27.0 Å². The summed E-state index contributed by atoms with van der Waals surface area (Å²) in [5.41, 5.74) is 4.78. The van der Waals surface area contributed by atoms with Crippen LogP contribution in [-0.4, -0.2) is 25.0 Å². The van der Waals surface area contributed by atoms with Gasteiger partial charge in [-0.25, -0.2) is 0 Å². The van der Waals surface area contributed by atoms with Crippen LogP contribution in [-0.2, 0) is 17.8 Å². The lowest BCUT2D eigenvalue weighted by Gasteiger charge is -2.18. The molecule has 4 rings (SSSR count). The second kappa shape index (κ2) is 8.82. The summed E-state index contributed by atoms with van der Waals surface area (Å²) in [5.74, 6) is 0.484. The number of fused-ring (bicyclic) bond motifs is 1. The highest BCUT2D eigenvalue weighted by Gasteiger charge is 2.25. The predicted molar refractivity (Wildman–Crippen MR) is 117 cm³/mol. The second-order valence-corrected chi connectivity index (χ2v) is 7.42. The van der Waals surface area contributed by atoms with Crippen molar-refractivity contribution in [3.05, 3.63) is 95.1 Å². The Morgan fingerprint density at radius 3 is 2.63 bits per heavy atom. The molecule has 3 aromatic rings. The van der Waals surface area contributed by atoms with Gasteiger partial charge in [0, 0.05) is 24.3 Å². The Bertz CT molecular complexity index is 1060. The third-order valence-corrected chi connectivity index (χ3v) is 5.16. The Morgan fingerprint density at radius 2 is 1.83 bits per heavy atom. The molecule has 5 heteroatoms. The van der Waals surface area contributed by atoms with Gasteiger partial charge in [-0.2, -0.15) is 0 Å². The highest BCUT2D eigenvalue weighted by Crippen LogP contribution is 2.30. The fourth-order valence-electron chi connectivity index (χ4n) is 3.60. The molecule has 2 amide bonds. The summed E-state index contributed by atoms with van der Waals surface area (Å²) >= 11 is 0. The monoisotopic (exact) mass is 400 g/mol. The minimum absolute atomic E-state index is 0.00916. The van der Waals surface area contributed by atoms with Crippen molar-refractivity contribution >= 4 is 17.5 Å². The Labute approximate surface area is 176 Å². The highest BCUT2D eigenvalue weighted by molar-refractivity contribution is 6.07. The van der Waals surface area contributed by atoms with Gasteiger partial charge in [0.15, 0.2) is 6.61 Å². The van der Waals surface area contributed by atoms with Crippen LogP contribution < -0.4 is 15.0 Å². The highest BCUT2D eigenvalue weighted by atomic mass is 16.5. The zero-order valence-electron chi connectivity index (χ0n) is 16.9. The molecule has 152 valence electrons. The van der Waals surface area contributed by atoms with E-state index in [4.69, 9.17) is 4.74 Å². The van der Waals surface area contributed by atoms with Gasteiger partial charge in [-0.1, -0.05) is 48.0 Å². The summed E-state index contributed by atoms with van der Waals surface area (Å²) in [5, 5.41) is 2.88. The van der Waals surface area contributed by atoms with Crippen molar-refractivity contribution in [1.29, 1.82) is 0 Å². The number of amides is 2. The van der Waals surface area contributed by atoms with E-state index in [1.165, 1.54) is 0 Å². The lowest BCUT2D eigenvalue weighted by Crippen LogP contribution is -2.29. The fourth-order valence-corrected chi connectivity index (χ4v) is 3.60. The largest absolute Gasteiger partial charge is 0.484 e. The molecule has 0 saturated heterocycles. The Hall–Kier alpha value is -3.60. The van der Waals surface area contributed by atoms with Crippen LogP contribution in [0.15, 0.2) is 72.8 Å². The molecule has 0 saturated carbocycles. The lowest BCUT2D eigenvalue weighted by atomic mass is 10.1. The smallest absolute Gasteiger partial charge is 0.258 e. The number of hydrogen-bond donors (Lipinski definition) is 1. The van der Waals surface area contributed by atoms with Crippen molar-refractivity contribution in [3.63, 3.8) is 0 Å². The van der Waals surface area contributed by atoms with E-state index in [2.05, 4.69) is 5.32 Å². The quantitative estimate of drug-likeness (QED) is 0.683. The van der Waals surface area contributed by atoms with Gasteiger partial charge in [-0.3, -0.25) is 9.59 Å². The summed E-state index contributed by atoms with van der Waals surface area (Å²) < 4.78 is 5.47. The van der Waals surface area contributed by atoms with Crippen LogP contribution in [0, 0.1) is 6.92 Å². The van der Waals surface area contributed by atoms with E-state index >= 15 is 0 Å². The van der Waals surface area contributed by atoms with Gasteiger partial charge in [0.25, 0.3) is 11.8 Å². The second-order valence-electron chi connectivity index (χ2n) is 7.42. The zero-order chi connectivity index (χ0) is 20.9. The van der Waals surface area contributed by atoms with E-state index in [9.17, 15) is 9.59 Å². The lowest BCUT2D eigenvalue weighted by molar-refractivity contribution is -0.123. The Kier molecular flexibility index (Phi) is 5.80. The predicted octanol–water partition coefficient (Wildman–Crippen LogP) is 3.89. The van der Waals surface area contributed by atoms with Crippen molar-refractivity contribution in [2.24, 2.45) is 0 Å². The molecule has 1 N–H and O–H groups in total. The van der Waals surface area contributed by atoms with Crippen molar-refractivity contribution in [1.82, 2.24) is 5.32 Å². The summed E-state index contributed by atoms with van der Waals surface area (Å²) in [7, 11) is 0. The standard InChI is InChI=1S/C25H24N2O3/c1-18-6-5-7-21(14-18)25(29)27-13-12-20-11-10-19(15-23(20)27)16-26-24(28)17-30-22-8-3-2-4-9-22/h2-11,14-15H,12-13,16-17H2,1H3,(H,26,28). The molecule has 5 nitrogen and oxygen atoms in total. The number of anilines is 1. The van der Waals surface area contributed by atoms with Crippen LogP contribution in [0.3, 0.4) is 0 Å². The SMILES string of the molecule is Cc1cccc(C(=O)N2CCc3ccc(CNC(=O)COc4ccccc4)cc32)c1. The van der Waals surface area contributed by atoms with Gasteiger partial charge in [-0.05, 0) is 54.8 Å². The first kappa shape index (κ1) is 19.7. The van der Waals surface area contributed by atoms with Gasteiger partial charge in [0.1, 0.15) is 5.75 Å². The number of hydrogen-bond acceptors (Lipinski definition) is 3. The van der Waals surface area contributed by atoms with Crippen LogP contribution >= 0.6 is 0 Å². The molecule has 0 spiro atoms. The van der Waals surface area contributed by atoms with Crippen molar-refractivity contribution in [3.8, 4) is 5.75 Å². The van der Waals surface area contributed by atoms with Gasteiger partial charge in [0.2, 0.25) is 0 Å². The molecule has 1 heterocycles. The molecule has 0 unspecified atom stereocenters. The number of ether oxygens (including phenoxy) is 1. The number of nitrogens with zero attached hydrogens (tertiary/aromatic N) is 1. The first-order valence-corrected chi connectivity index (χ1v) is 10.0. The number of benzene rings is 3. The molecular formula is C25H24N2O3. The third kappa shape index (κ3) is 4.51. The first-order valence-electron chi connectivity index (χ1n) is 10.0. The summed E-state index contributed by atoms with van der Waals surface area (Å²) in [4.78, 5) is 26.9. The number of carbonyl (C=O) groups is 2. The molecule has 30 heavy (non-hydrogen) atoms. The summed E-state index contributed by atoms with van der Waals surface area (Å²) in [6.07, 6.45) is 0.838. The fraction of sp³-hybridized carbons (Fsp3) is 0.200.